The summed E-state index contributed by atoms with van der Waals surface area (Å²) in [5.41, 5.74) is 6.13. The Kier molecular flexibility index (Phi) is 4.19. The Morgan fingerprint density at radius 2 is 2.39 bits per heavy atom. The molecule has 6 heteroatoms. The first-order valence-corrected chi connectivity index (χ1v) is 6.39. The van der Waals surface area contributed by atoms with Crippen molar-refractivity contribution in [1.29, 1.82) is 0 Å². The SMILES string of the molecule is Nc1cnn(CC(=O)N(CCCO)C2CCC2)c1. The number of nitrogens with zero attached hydrogens (tertiary/aromatic N) is 3. The normalized spacial score (nSPS) is 15.4. The maximum Gasteiger partial charge on any atom is 0.244 e. The average molecular weight is 252 g/mol. The summed E-state index contributed by atoms with van der Waals surface area (Å²) in [5.74, 6) is 0.0521. The molecule has 0 aliphatic heterocycles. The van der Waals surface area contributed by atoms with Gasteiger partial charge in [0, 0.05) is 25.4 Å². The van der Waals surface area contributed by atoms with Gasteiger partial charge in [0.1, 0.15) is 6.54 Å². The molecule has 0 bridgehead atoms. The smallest absolute Gasteiger partial charge is 0.244 e. The lowest BCUT2D eigenvalue weighted by atomic mass is 9.91. The second kappa shape index (κ2) is 5.86. The van der Waals surface area contributed by atoms with Crippen LogP contribution in [0.2, 0.25) is 0 Å². The van der Waals surface area contributed by atoms with Crippen LogP contribution in [0.1, 0.15) is 25.7 Å². The van der Waals surface area contributed by atoms with E-state index in [2.05, 4.69) is 5.10 Å². The molecule has 1 aliphatic carbocycles. The highest BCUT2D eigenvalue weighted by Crippen LogP contribution is 2.25. The van der Waals surface area contributed by atoms with Gasteiger partial charge in [-0.15, -0.1) is 0 Å². The summed E-state index contributed by atoms with van der Waals surface area (Å²) in [5, 5.41) is 12.9. The summed E-state index contributed by atoms with van der Waals surface area (Å²) < 4.78 is 1.56. The van der Waals surface area contributed by atoms with Gasteiger partial charge in [0.05, 0.1) is 11.9 Å². The van der Waals surface area contributed by atoms with E-state index in [0.29, 0.717) is 24.7 Å². The van der Waals surface area contributed by atoms with E-state index in [4.69, 9.17) is 10.8 Å². The molecule has 100 valence electrons. The minimum atomic E-state index is 0.0521. The van der Waals surface area contributed by atoms with Crippen LogP contribution in [-0.4, -0.2) is 44.9 Å². The molecule has 0 aromatic carbocycles. The van der Waals surface area contributed by atoms with Gasteiger partial charge in [-0.2, -0.15) is 5.10 Å². The third kappa shape index (κ3) is 3.01. The minimum absolute atomic E-state index is 0.0521. The van der Waals surface area contributed by atoms with E-state index in [1.165, 1.54) is 12.6 Å². The Hall–Kier alpha value is -1.56. The molecule has 1 saturated carbocycles. The maximum absolute atomic E-state index is 12.2. The zero-order chi connectivity index (χ0) is 13.0. The van der Waals surface area contributed by atoms with Crippen LogP contribution in [0, 0.1) is 0 Å². The van der Waals surface area contributed by atoms with Crippen molar-refractivity contribution in [3.8, 4) is 0 Å². The third-order valence-electron chi connectivity index (χ3n) is 3.34. The van der Waals surface area contributed by atoms with Gasteiger partial charge in [0.15, 0.2) is 0 Å². The Morgan fingerprint density at radius 1 is 1.61 bits per heavy atom. The number of anilines is 1. The molecule has 6 nitrogen and oxygen atoms in total. The van der Waals surface area contributed by atoms with Crippen LogP contribution in [0.25, 0.3) is 0 Å². The number of nitrogens with two attached hydrogens (primary N) is 1. The van der Waals surface area contributed by atoms with Gasteiger partial charge in [-0.25, -0.2) is 0 Å². The second-order valence-corrected chi connectivity index (χ2v) is 4.72. The largest absolute Gasteiger partial charge is 0.396 e. The fraction of sp³-hybridized carbons (Fsp3) is 0.667. The maximum atomic E-state index is 12.2. The molecule has 1 fully saturated rings. The van der Waals surface area contributed by atoms with E-state index in [-0.39, 0.29) is 19.1 Å². The number of carbonyl (C=O) groups excluding carboxylic acids is 1. The second-order valence-electron chi connectivity index (χ2n) is 4.72. The first-order valence-electron chi connectivity index (χ1n) is 6.39. The number of aromatic nitrogens is 2. The molecular formula is C12H20N4O2. The minimum Gasteiger partial charge on any atom is -0.396 e. The highest BCUT2D eigenvalue weighted by molar-refractivity contribution is 5.76. The summed E-state index contributed by atoms with van der Waals surface area (Å²) in [6, 6.07) is 0.344. The van der Waals surface area contributed by atoms with E-state index >= 15 is 0 Å². The van der Waals surface area contributed by atoms with E-state index in [9.17, 15) is 4.79 Å². The molecule has 1 aromatic heterocycles. The van der Waals surface area contributed by atoms with E-state index in [0.717, 1.165) is 12.8 Å². The van der Waals surface area contributed by atoms with Gasteiger partial charge < -0.3 is 15.7 Å². The van der Waals surface area contributed by atoms with Gasteiger partial charge in [0.25, 0.3) is 0 Å². The third-order valence-corrected chi connectivity index (χ3v) is 3.34. The van der Waals surface area contributed by atoms with Gasteiger partial charge in [-0.3, -0.25) is 9.48 Å². The molecule has 1 amide bonds. The zero-order valence-corrected chi connectivity index (χ0v) is 10.5. The van der Waals surface area contributed by atoms with Crippen LogP contribution in [0.4, 0.5) is 5.69 Å². The van der Waals surface area contributed by atoms with Crippen molar-refractivity contribution in [2.45, 2.75) is 38.3 Å². The standard InChI is InChI=1S/C12H20N4O2/c13-10-7-14-15(8-10)9-12(18)16(5-2-6-17)11-3-1-4-11/h7-8,11,17H,1-6,9,13H2. The van der Waals surface area contributed by atoms with E-state index in [1.54, 1.807) is 10.9 Å². The number of nitrogen functional groups attached to an aromatic ring is 1. The fourth-order valence-corrected chi connectivity index (χ4v) is 2.15. The summed E-state index contributed by atoms with van der Waals surface area (Å²) in [6.45, 7) is 0.959. The molecule has 18 heavy (non-hydrogen) atoms. The molecule has 3 N–H and O–H groups in total. The Balaban J connectivity index is 1.94. The van der Waals surface area contributed by atoms with Crippen LogP contribution in [0.5, 0.6) is 0 Å². The van der Waals surface area contributed by atoms with Crippen molar-refractivity contribution in [3.63, 3.8) is 0 Å². The summed E-state index contributed by atoms with van der Waals surface area (Å²) in [4.78, 5) is 14.1. The average Bonchev–Trinajstić information content (AvgIpc) is 2.67. The molecule has 0 spiro atoms. The lowest BCUT2D eigenvalue weighted by Crippen LogP contribution is -2.46. The zero-order valence-electron chi connectivity index (χ0n) is 10.5. The summed E-state index contributed by atoms with van der Waals surface area (Å²) in [7, 11) is 0. The topological polar surface area (TPSA) is 84.4 Å². The van der Waals surface area contributed by atoms with Crippen LogP contribution in [0.3, 0.4) is 0 Å². The Labute approximate surface area is 106 Å². The van der Waals surface area contributed by atoms with Crippen molar-refractivity contribution in [1.82, 2.24) is 14.7 Å². The van der Waals surface area contributed by atoms with Crippen LogP contribution >= 0.6 is 0 Å². The predicted molar refractivity (Wildman–Crippen MR) is 67.7 cm³/mol. The van der Waals surface area contributed by atoms with Crippen molar-refractivity contribution in [3.05, 3.63) is 12.4 Å². The molecule has 1 aliphatic rings. The first-order chi connectivity index (χ1) is 8.70. The van der Waals surface area contributed by atoms with Crippen molar-refractivity contribution >= 4 is 11.6 Å². The monoisotopic (exact) mass is 252 g/mol. The molecule has 0 radical (unpaired) electrons. The van der Waals surface area contributed by atoms with Gasteiger partial charge in [-0.05, 0) is 25.7 Å². The van der Waals surface area contributed by atoms with Crippen LogP contribution < -0.4 is 5.73 Å². The number of hydrogen-bond acceptors (Lipinski definition) is 4. The number of hydrogen-bond donors (Lipinski definition) is 2. The fourth-order valence-electron chi connectivity index (χ4n) is 2.15. The van der Waals surface area contributed by atoms with Gasteiger partial charge in [-0.1, -0.05) is 0 Å². The van der Waals surface area contributed by atoms with Crippen molar-refractivity contribution in [2.24, 2.45) is 0 Å². The number of rotatable bonds is 6. The highest BCUT2D eigenvalue weighted by Gasteiger charge is 2.28. The molecule has 2 rings (SSSR count). The molecule has 1 aromatic rings. The van der Waals surface area contributed by atoms with Crippen molar-refractivity contribution < 1.29 is 9.90 Å². The number of carbonyl (C=O) groups is 1. The van der Waals surface area contributed by atoms with Gasteiger partial charge >= 0.3 is 0 Å². The summed E-state index contributed by atoms with van der Waals surface area (Å²) >= 11 is 0. The first kappa shape index (κ1) is 12.9. The number of aliphatic hydroxyl groups is 1. The van der Waals surface area contributed by atoms with E-state index in [1.807, 2.05) is 4.90 Å². The lowest BCUT2D eigenvalue weighted by Gasteiger charge is -2.37. The molecule has 0 atom stereocenters. The predicted octanol–water partition coefficient (Wildman–Crippen LogP) is 0.229. The van der Waals surface area contributed by atoms with Crippen LogP contribution in [0.15, 0.2) is 12.4 Å². The molecular weight excluding hydrogens is 232 g/mol. The molecule has 0 unspecified atom stereocenters. The van der Waals surface area contributed by atoms with Gasteiger partial charge in [0.2, 0.25) is 5.91 Å². The molecule has 0 saturated heterocycles. The van der Waals surface area contributed by atoms with E-state index < -0.39 is 0 Å². The number of amides is 1. The lowest BCUT2D eigenvalue weighted by molar-refractivity contribution is -0.136. The number of aliphatic hydroxyl groups excluding tert-OH is 1. The molecule has 1 heterocycles. The quantitative estimate of drug-likeness (QED) is 0.759. The van der Waals surface area contributed by atoms with Crippen LogP contribution in [-0.2, 0) is 11.3 Å². The Bertz CT molecular complexity index is 401. The summed E-state index contributed by atoms with van der Waals surface area (Å²) in [6.07, 6.45) is 7.14. The highest BCUT2D eigenvalue weighted by atomic mass is 16.3. The van der Waals surface area contributed by atoms with Crippen molar-refractivity contribution in [2.75, 3.05) is 18.9 Å². The Morgan fingerprint density at radius 3 is 2.89 bits per heavy atom.